The summed E-state index contributed by atoms with van der Waals surface area (Å²) in [6, 6.07) is 3.57. The molecule has 0 atom stereocenters. The van der Waals surface area contributed by atoms with Crippen molar-refractivity contribution in [3.63, 3.8) is 0 Å². The Morgan fingerprint density at radius 1 is 1.12 bits per heavy atom. The third-order valence-electron chi connectivity index (χ3n) is 2.13. The number of hydrogen-bond acceptors (Lipinski definition) is 6. The molecule has 0 unspecified atom stereocenters. The second-order valence-corrected chi connectivity index (χ2v) is 3.29. The van der Waals surface area contributed by atoms with E-state index in [0.717, 1.165) is 18.9 Å². The van der Waals surface area contributed by atoms with E-state index < -0.39 is 0 Å². The molecule has 0 aromatic carbocycles. The van der Waals surface area contributed by atoms with Gasteiger partial charge in [0.25, 0.3) is 0 Å². The number of rotatable bonds is 7. The van der Waals surface area contributed by atoms with Crippen LogP contribution in [0.4, 0.5) is 11.6 Å². The molecule has 0 radical (unpaired) electrons. The lowest BCUT2D eigenvalue weighted by molar-refractivity contribution is 0.190. The van der Waals surface area contributed by atoms with Crippen LogP contribution in [0.5, 0.6) is 0 Å². The van der Waals surface area contributed by atoms with Gasteiger partial charge in [-0.25, -0.2) is 0 Å². The zero-order valence-corrected chi connectivity index (χ0v) is 9.72. The molecule has 0 amide bonds. The number of nitrogen functional groups attached to an aromatic ring is 1. The summed E-state index contributed by atoms with van der Waals surface area (Å²) in [6.45, 7) is 2.77. The standard InChI is InChI=1S/C10H18N4O2/c1-15-7-5-14(6-8-16-2)10-4-3-9(11)12-13-10/h3-4H,5-8H2,1-2H3,(H2,11,12). The first kappa shape index (κ1) is 12.7. The molecule has 0 fully saturated rings. The summed E-state index contributed by atoms with van der Waals surface area (Å²) < 4.78 is 10.1. The van der Waals surface area contributed by atoms with Crippen molar-refractivity contribution in [3.8, 4) is 0 Å². The van der Waals surface area contributed by atoms with Gasteiger partial charge in [-0.2, -0.15) is 0 Å². The Morgan fingerprint density at radius 3 is 2.19 bits per heavy atom. The van der Waals surface area contributed by atoms with Gasteiger partial charge in [0, 0.05) is 27.3 Å². The molecule has 6 nitrogen and oxygen atoms in total. The molecule has 90 valence electrons. The predicted molar refractivity (Wildman–Crippen MR) is 62.4 cm³/mol. The summed E-state index contributed by atoms with van der Waals surface area (Å²) in [6.07, 6.45) is 0. The van der Waals surface area contributed by atoms with Gasteiger partial charge >= 0.3 is 0 Å². The average Bonchev–Trinajstić information content (AvgIpc) is 2.31. The van der Waals surface area contributed by atoms with E-state index in [1.54, 1.807) is 20.3 Å². The first-order chi connectivity index (χ1) is 7.77. The third-order valence-corrected chi connectivity index (χ3v) is 2.13. The van der Waals surface area contributed by atoms with Crippen LogP contribution in [0.2, 0.25) is 0 Å². The molecule has 6 heteroatoms. The maximum absolute atomic E-state index is 5.49. The summed E-state index contributed by atoms with van der Waals surface area (Å²) >= 11 is 0. The molecule has 0 saturated heterocycles. The van der Waals surface area contributed by atoms with Crippen molar-refractivity contribution < 1.29 is 9.47 Å². The lowest BCUT2D eigenvalue weighted by Gasteiger charge is -2.22. The van der Waals surface area contributed by atoms with E-state index in [9.17, 15) is 0 Å². The van der Waals surface area contributed by atoms with E-state index in [-0.39, 0.29) is 0 Å². The number of anilines is 2. The SMILES string of the molecule is COCCN(CCOC)c1ccc(N)nn1. The average molecular weight is 226 g/mol. The molecule has 0 saturated carbocycles. The fourth-order valence-corrected chi connectivity index (χ4v) is 1.25. The minimum Gasteiger partial charge on any atom is -0.383 e. The van der Waals surface area contributed by atoms with E-state index in [4.69, 9.17) is 15.2 Å². The van der Waals surface area contributed by atoms with Crippen LogP contribution < -0.4 is 10.6 Å². The Hall–Kier alpha value is -1.40. The fraction of sp³-hybridized carbons (Fsp3) is 0.600. The monoisotopic (exact) mass is 226 g/mol. The van der Waals surface area contributed by atoms with Gasteiger partial charge in [0.05, 0.1) is 13.2 Å². The number of nitrogens with zero attached hydrogens (tertiary/aromatic N) is 3. The maximum atomic E-state index is 5.49. The molecule has 1 aromatic rings. The number of methoxy groups -OCH3 is 2. The normalized spacial score (nSPS) is 10.4. The van der Waals surface area contributed by atoms with Crippen molar-refractivity contribution in [1.82, 2.24) is 10.2 Å². The van der Waals surface area contributed by atoms with Gasteiger partial charge in [0.2, 0.25) is 0 Å². The molecule has 2 N–H and O–H groups in total. The molecule has 1 rings (SSSR count). The number of nitrogens with two attached hydrogens (primary N) is 1. The molecule has 0 aliphatic carbocycles. The molecular formula is C10H18N4O2. The van der Waals surface area contributed by atoms with Crippen LogP contribution in [0, 0.1) is 0 Å². The van der Waals surface area contributed by atoms with Crippen molar-refractivity contribution in [3.05, 3.63) is 12.1 Å². The quantitative estimate of drug-likeness (QED) is 0.714. The van der Waals surface area contributed by atoms with E-state index in [1.165, 1.54) is 0 Å². The van der Waals surface area contributed by atoms with Gasteiger partial charge in [-0.15, -0.1) is 10.2 Å². The third kappa shape index (κ3) is 4.00. The molecule has 0 spiro atoms. The van der Waals surface area contributed by atoms with Crippen molar-refractivity contribution in [2.24, 2.45) is 0 Å². The first-order valence-corrected chi connectivity index (χ1v) is 5.10. The fourth-order valence-electron chi connectivity index (χ4n) is 1.25. The topological polar surface area (TPSA) is 73.5 Å². The maximum Gasteiger partial charge on any atom is 0.151 e. The van der Waals surface area contributed by atoms with Crippen molar-refractivity contribution >= 4 is 11.6 Å². The zero-order valence-electron chi connectivity index (χ0n) is 9.72. The van der Waals surface area contributed by atoms with Gasteiger partial charge in [0.15, 0.2) is 5.82 Å². The lowest BCUT2D eigenvalue weighted by atomic mass is 10.4. The second-order valence-electron chi connectivity index (χ2n) is 3.29. The Bertz CT molecular complexity index is 283. The van der Waals surface area contributed by atoms with Crippen LogP contribution in [-0.4, -0.2) is 50.7 Å². The van der Waals surface area contributed by atoms with Gasteiger partial charge < -0.3 is 20.1 Å². The summed E-state index contributed by atoms with van der Waals surface area (Å²) in [5.41, 5.74) is 5.49. The highest BCUT2D eigenvalue weighted by Gasteiger charge is 2.07. The Labute approximate surface area is 95.4 Å². The second kappa shape index (κ2) is 6.97. The largest absolute Gasteiger partial charge is 0.383 e. The first-order valence-electron chi connectivity index (χ1n) is 5.10. The smallest absolute Gasteiger partial charge is 0.151 e. The minimum absolute atomic E-state index is 0.419. The lowest BCUT2D eigenvalue weighted by Crippen LogP contribution is -2.31. The van der Waals surface area contributed by atoms with E-state index in [0.29, 0.717) is 19.0 Å². The molecule has 1 heterocycles. The number of aromatic nitrogens is 2. The Kier molecular flexibility index (Phi) is 5.52. The molecular weight excluding hydrogens is 208 g/mol. The highest BCUT2D eigenvalue weighted by molar-refractivity contribution is 5.41. The van der Waals surface area contributed by atoms with Crippen molar-refractivity contribution in [2.75, 3.05) is 51.2 Å². The molecule has 0 aliphatic heterocycles. The van der Waals surface area contributed by atoms with E-state index >= 15 is 0 Å². The Morgan fingerprint density at radius 2 is 1.75 bits per heavy atom. The highest BCUT2D eigenvalue weighted by Crippen LogP contribution is 2.09. The molecule has 16 heavy (non-hydrogen) atoms. The Balaban J connectivity index is 2.62. The molecule has 0 aliphatic rings. The number of ether oxygens (including phenoxy) is 2. The van der Waals surface area contributed by atoms with Crippen LogP contribution in [0.25, 0.3) is 0 Å². The highest BCUT2D eigenvalue weighted by atomic mass is 16.5. The van der Waals surface area contributed by atoms with Gasteiger partial charge in [-0.3, -0.25) is 0 Å². The van der Waals surface area contributed by atoms with E-state index in [2.05, 4.69) is 10.2 Å². The minimum atomic E-state index is 0.419. The molecule has 0 bridgehead atoms. The van der Waals surface area contributed by atoms with Gasteiger partial charge in [0.1, 0.15) is 5.82 Å². The van der Waals surface area contributed by atoms with Crippen LogP contribution in [0.1, 0.15) is 0 Å². The van der Waals surface area contributed by atoms with Crippen molar-refractivity contribution in [2.45, 2.75) is 0 Å². The van der Waals surface area contributed by atoms with Gasteiger partial charge in [-0.1, -0.05) is 0 Å². The van der Waals surface area contributed by atoms with E-state index in [1.807, 2.05) is 11.0 Å². The zero-order chi connectivity index (χ0) is 11.8. The summed E-state index contributed by atoms with van der Waals surface area (Å²) in [5.74, 6) is 1.20. The van der Waals surface area contributed by atoms with Crippen LogP contribution >= 0.6 is 0 Å². The summed E-state index contributed by atoms with van der Waals surface area (Å²) in [5, 5.41) is 7.84. The van der Waals surface area contributed by atoms with Crippen LogP contribution in [-0.2, 0) is 9.47 Å². The summed E-state index contributed by atoms with van der Waals surface area (Å²) in [4.78, 5) is 2.04. The van der Waals surface area contributed by atoms with Crippen LogP contribution in [0.15, 0.2) is 12.1 Å². The van der Waals surface area contributed by atoms with Gasteiger partial charge in [-0.05, 0) is 12.1 Å². The van der Waals surface area contributed by atoms with Crippen molar-refractivity contribution in [1.29, 1.82) is 0 Å². The summed E-state index contributed by atoms with van der Waals surface area (Å²) in [7, 11) is 3.34. The van der Waals surface area contributed by atoms with Crippen LogP contribution in [0.3, 0.4) is 0 Å². The molecule has 1 aromatic heterocycles. The number of hydrogen-bond donors (Lipinski definition) is 1. The predicted octanol–water partition coefficient (Wildman–Crippen LogP) is 0.158.